The average molecular weight is 211 g/mol. The van der Waals surface area contributed by atoms with E-state index in [9.17, 15) is 4.79 Å². The summed E-state index contributed by atoms with van der Waals surface area (Å²) in [5.74, 6) is 0.00741. The Bertz CT molecular complexity index is 319. The van der Waals surface area contributed by atoms with Crippen molar-refractivity contribution in [1.82, 2.24) is 10.1 Å². The highest BCUT2D eigenvalue weighted by atomic mass is 16.5. The van der Waals surface area contributed by atoms with Gasteiger partial charge in [-0.2, -0.15) is 0 Å². The van der Waals surface area contributed by atoms with E-state index in [-0.39, 0.29) is 5.91 Å². The largest absolute Gasteiger partial charge is 0.364 e. The predicted molar refractivity (Wildman–Crippen MR) is 55.8 cm³/mol. The van der Waals surface area contributed by atoms with Crippen molar-refractivity contribution in [3.05, 3.63) is 18.0 Å². The number of hydrogen-bond donors (Lipinski definition) is 1. The van der Waals surface area contributed by atoms with E-state index in [1.807, 2.05) is 13.8 Å². The van der Waals surface area contributed by atoms with Gasteiger partial charge in [0.2, 0.25) is 5.91 Å². The number of hydrogen-bond acceptors (Lipinski definition) is 4. The smallest absolute Gasteiger partial charge is 0.229 e. The maximum absolute atomic E-state index is 11.9. The molecule has 1 aromatic heterocycles. The monoisotopic (exact) mass is 211 g/mol. The van der Waals surface area contributed by atoms with Crippen LogP contribution in [0.15, 0.2) is 16.9 Å². The molecular formula is C10H17N3O2. The highest BCUT2D eigenvalue weighted by molar-refractivity contribution is 5.81. The molecule has 0 atom stereocenters. The number of nitrogens with zero attached hydrogens (tertiary/aromatic N) is 2. The van der Waals surface area contributed by atoms with Gasteiger partial charge in [-0.15, -0.1) is 0 Å². The second-order valence-electron chi connectivity index (χ2n) is 4.24. The first kappa shape index (κ1) is 11.7. The van der Waals surface area contributed by atoms with Gasteiger partial charge < -0.3 is 15.2 Å². The molecule has 5 heteroatoms. The summed E-state index contributed by atoms with van der Waals surface area (Å²) < 4.78 is 4.69. The first-order valence-corrected chi connectivity index (χ1v) is 4.82. The molecule has 15 heavy (non-hydrogen) atoms. The fraction of sp³-hybridized carbons (Fsp3) is 0.600. The third-order valence-electron chi connectivity index (χ3n) is 2.33. The maximum Gasteiger partial charge on any atom is 0.229 e. The van der Waals surface area contributed by atoms with Crippen LogP contribution < -0.4 is 5.73 Å². The summed E-state index contributed by atoms with van der Waals surface area (Å²) in [6, 6.07) is 1.74. The number of carbonyl (C=O) groups excluding carboxylic acids is 1. The zero-order chi connectivity index (χ0) is 11.5. The normalized spacial score (nSPS) is 11.5. The van der Waals surface area contributed by atoms with Gasteiger partial charge in [0.1, 0.15) is 12.0 Å². The van der Waals surface area contributed by atoms with E-state index in [2.05, 4.69) is 5.16 Å². The summed E-state index contributed by atoms with van der Waals surface area (Å²) in [4.78, 5) is 13.5. The average Bonchev–Trinajstić information content (AvgIpc) is 2.69. The quantitative estimate of drug-likeness (QED) is 0.792. The lowest BCUT2D eigenvalue weighted by Gasteiger charge is -2.27. The first-order chi connectivity index (χ1) is 6.97. The summed E-state index contributed by atoms with van der Waals surface area (Å²) in [5.41, 5.74) is 5.74. The van der Waals surface area contributed by atoms with Crippen molar-refractivity contribution in [3.63, 3.8) is 0 Å². The van der Waals surface area contributed by atoms with Crippen molar-refractivity contribution in [3.8, 4) is 0 Å². The van der Waals surface area contributed by atoms with Gasteiger partial charge in [-0.25, -0.2) is 0 Å². The second-order valence-corrected chi connectivity index (χ2v) is 4.24. The van der Waals surface area contributed by atoms with Gasteiger partial charge in [-0.05, 0) is 13.8 Å². The van der Waals surface area contributed by atoms with E-state index in [1.165, 1.54) is 6.26 Å². The highest BCUT2D eigenvalue weighted by Gasteiger charge is 2.29. The fourth-order valence-corrected chi connectivity index (χ4v) is 1.24. The second kappa shape index (κ2) is 4.44. The molecule has 0 aliphatic carbocycles. The zero-order valence-electron chi connectivity index (χ0n) is 9.36. The molecule has 2 N–H and O–H groups in total. The molecule has 1 aromatic rings. The predicted octanol–water partition coefficient (Wildman–Crippen LogP) is 0.618. The molecule has 0 spiro atoms. The number of rotatable bonds is 4. The van der Waals surface area contributed by atoms with Gasteiger partial charge in [0.05, 0.1) is 12.0 Å². The zero-order valence-corrected chi connectivity index (χ0v) is 9.36. The number of aromatic nitrogens is 1. The van der Waals surface area contributed by atoms with Crippen LogP contribution in [0.4, 0.5) is 0 Å². The molecule has 0 aliphatic rings. The summed E-state index contributed by atoms with van der Waals surface area (Å²) in [7, 11) is 1.73. The van der Waals surface area contributed by atoms with Crippen LogP contribution in [0.1, 0.15) is 19.5 Å². The first-order valence-electron chi connectivity index (χ1n) is 4.82. The van der Waals surface area contributed by atoms with Crippen LogP contribution in [-0.4, -0.2) is 29.6 Å². The molecule has 1 heterocycles. The fourth-order valence-electron chi connectivity index (χ4n) is 1.24. The molecule has 0 fully saturated rings. The standard InChI is InChI=1S/C10H17N3O2/c1-10(2,7-11)9(14)13(3)6-8-4-5-15-12-8/h4-5H,6-7,11H2,1-3H3. The van der Waals surface area contributed by atoms with E-state index >= 15 is 0 Å². The Morgan fingerprint density at radius 2 is 2.33 bits per heavy atom. The van der Waals surface area contributed by atoms with E-state index in [0.717, 1.165) is 5.69 Å². The van der Waals surface area contributed by atoms with Crippen molar-refractivity contribution in [1.29, 1.82) is 0 Å². The Morgan fingerprint density at radius 3 is 2.80 bits per heavy atom. The lowest BCUT2D eigenvalue weighted by atomic mass is 9.92. The van der Waals surface area contributed by atoms with Crippen LogP contribution in [0.2, 0.25) is 0 Å². The minimum Gasteiger partial charge on any atom is -0.364 e. The number of nitrogens with two attached hydrogens (primary N) is 1. The van der Waals surface area contributed by atoms with Crippen molar-refractivity contribution >= 4 is 5.91 Å². The van der Waals surface area contributed by atoms with Gasteiger partial charge >= 0.3 is 0 Å². The molecule has 5 nitrogen and oxygen atoms in total. The topological polar surface area (TPSA) is 72.4 Å². The molecular weight excluding hydrogens is 194 g/mol. The van der Waals surface area contributed by atoms with E-state index in [4.69, 9.17) is 10.3 Å². The van der Waals surface area contributed by atoms with Crippen LogP contribution >= 0.6 is 0 Å². The van der Waals surface area contributed by atoms with E-state index < -0.39 is 5.41 Å². The number of carbonyl (C=O) groups is 1. The lowest BCUT2D eigenvalue weighted by Crippen LogP contribution is -2.42. The summed E-state index contributed by atoms with van der Waals surface area (Å²) in [5, 5.41) is 3.75. The molecule has 0 aliphatic heterocycles. The molecule has 0 saturated heterocycles. The summed E-state index contributed by atoms with van der Waals surface area (Å²) in [6.07, 6.45) is 1.49. The molecule has 0 saturated carbocycles. The van der Waals surface area contributed by atoms with Crippen LogP contribution in [-0.2, 0) is 11.3 Å². The van der Waals surface area contributed by atoms with E-state index in [1.54, 1.807) is 18.0 Å². The van der Waals surface area contributed by atoms with Gasteiger partial charge in [0, 0.05) is 19.7 Å². The lowest BCUT2D eigenvalue weighted by molar-refractivity contribution is -0.139. The maximum atomic E-state index is 11.9. The minimum atomic E-state index is -0.529. The van der Waals surface area contributed by atoms with Crippen molar-refractivity contribution in [2.45, 2.75) is 20.4 Å². The van der Waals surface area contributed by atoms with Crippen LogP contribution in [0.5, 0.6) is 0 Å². The molecule has 0 aromatic carbocycles. The van der Waals surface area contributed by atoms with Crippen LogP contribution in [0.25, 0.3) is 0 Å². The summed E-state index contributed by atoms with van der Waals surface area (Å²) in [6.45, 7) is 4.43. The van der Waals surface area contributed by atoms with Crippen LogP contribution in [0.3, 0.4) is 0 Å². The Hall–Kier alpha value is -1.36. The third kappa shape index (κ3) is 2.79. The third-order valence-corrected chi connectivity index (χ3v) is 2.33. The minimum absolute atomic E-state index is 0.00741. The molecule has 0 unspecified atom stereocenters. The molecule has 0 radical (unpaired) electrons. The van der Waals surface area contributed by atoms with Crippen molar-refractivity contribution < 1.29 is 9.32 Å². The van der Waals surface area contributed by atoms with Crippen LogP contribution in [0, 0.1) is 5.41 Å². The van der Waals surface area contributed by atoms with E-state index in [0.29, 0.717) is 13.1 Å². The molecule has 1 rings (SSSR count). The number of amides is 1. The highest BCUT2D eigenvalue weighted by Crippen LogP contribution is 2.17. The van der Waals surface area contributed by atoms with Gasteiger partial charge in [-0.3, -0.25) is 4.79 Å². The molecule has 0 bridgehead atoms. The Morgan fingerprint density at radius 1 is 1.67 bits per heavy atom. The molecule has 84 valence electrons. The van der Waals surface area contributed by atoms with Gasteiger partial charge in [0.15, 0.2) is 0 Å². The van der Waals surface area contributed by atoms with Gasteiger partial charge in [0.25, 0.3) is 0 Å². The Labute approximate surface area is 89.2 Å². The SMILES string of the molecule is CN(Cc1ccon1)C(=O)C(C)(C)CN. The Kier molecular flexibility index (Phi) is 3.47. The Balaban J connectivity index is 2.61. The summed E-state index contributed by atoms with van der Waals surface area (Å²) >= 11 is 0. The van der Waals surface area contributed by atoms with Crippen molar-refractivity contribution in [2.75, 3.05) is 13.6 Å². The van der Waals surface area contributed by atoms with Crippen molar-refractivity contribution in [2.24, 2.45) is 11.1 Å². The van der Waals surface area contributed by atoms with Gasteiger partial charge in [-0.1, -0.05) is 5.16 Å². The molecule has 1 amide bonds.